The molecule has 3 aromatic rings. The van der Waals surface area contributed by atoms with E-state index in [1.54, 1.807) is 21.8 Å². The molecule has 9 heteroatoms. The quantitative estimate of drug-likeness (QED) is 0.554. The predicted molar refractivity (Wildman–Crippen MR) is 122 cm³/mol. The van der Waals surface area contributed by atoms with Crippen molar-refractivity contribution in [3.63, 3.8) is 0 Å². The first-order chi connectivity index (χ1) is 15.4. The molecule has 1 fully saturated rings. The summed E-state index contributed by atoms with van der Waals surface area (Å²) in [7, 11) is 0. The van der Waals surface area contributed by atoms with Gasteiger partial charge in [0.05, 0.1) is 5.92 Å². The Bertz CT molecular complexity index is 1130. The second kappa shape index (κ2) is 9.17. The van der Waals surface area contributed by atoms with E-state index in [-0.39, 0.29) is 24.2 Å². The number of aromatic nitrogens is 4. The number of nitrogens with one attached hydrogen (secondary N) is 2. The number of aryl methyl sites for hydroxylation is 3. The molecule has 1 atom stereocenters. The molecule has 1 aliphatic heterocycles. The van der Waals surface area contributed by atoms with E-state index in [1.807, 2.05) is 51.2 Å². The van der Waals surface area contributed by atoms with Gasteiger partial charge in [-0.05, 0) is 50.1 Å². The SMILES string of the molecule is Cc1nc(NCCNC(=O)[C@H]2CC(=O)N(c3ccc(C)c(C)c3)C2)cc(-n2cccn2)n1. The first-order valence-electron chi connectivity index (χ1n) is 10.7. The van der Waals surface area contributed by atoms with Gasteiger partial charge >= 0.3 is 0 Å². The van der Waals surface area contributed by atoms with E-state index < -0.39 is 0 Å². The Morgan fingerprint density at radius 3 is 2.72 bits per heavy atom. The fourth-order valence-electron chi connectivity index (χ4n) is 3.71. The molecule has 9 nitrogen and oxygen atoms in total. The first-order valence-corrected chi connectivity index (χ1v) is 10.7. The van der Waals surface area contributed by atoms with Gasteiger partial charge in [0.15, 0.2) is 5.82 Å². The van der Waals surface area contributed by atoms with Gasteiger partial charge in [0.2, 0.25) is 11.8 Å². The van der Waals surface area contributed by atoms with E-state index >= 15 is 0 Å². The van der Waals surface area contributed by atoms with Crippen LogP contribution < -0.4 is 15.5 Å². The maximum Gasteiger partial charge on any atom is 0.227 e. The number of amides is 2. The highest BCUT2D eigenvalue weighted by atomic mass is 16.2. The Morgan fingerprint density at radius 1 is 1.12 bits per heavy atom. The summed E-state index contributed by atoms with van der Waals surface area (Å²) >= 11 is 0. The molecule has 1 aromatic carbocycles. The van der Waals surface area contributed by atoms with Crippen molar-refractivity contribution in [3.8, 4) is 5.82 Å². The van der Waals surface area contributed by atoms with Gasteiger partial charge in [-0.2, -0.15) is 5.10 Å². The molecule has 0 saturated carbocycles. The van der Waals surface area contributed by atoms with Crippen LogP contribution in [-0.4, -0.2) is 51.2 Å². The number of carbonyl (C=O) groups is 2. The largest absolute Gasteiger partial charge is 0.368 e. The lowest BCUT2D eigenvalue weighted by atomic mass is 10.1. The van der Waals surface area contributed by atoms with Crippen LogP contribution in [0.2, 0.25) is 0 Å². The van der Waals surface area contributed by atoms with Crippen molar-refractivity contribution in [2.75, 3.05) is 29.9 Å². The van der Waals surface area contributed by atoms with Crippen LogP contribution >= 0.6 is 0 Å². The molecule has 1 aliphatic rings. The van der Waals surface area contributed by atoms with Crippen molar-refractivity contribution >= 4 is 23.3 Å². The lowest BCUT2D eigenvalue weighted by Crippen LogP contribution is -2.35. The zero-order valence-electron chi connectivity index (χ0n) is 18.5. The molecular formula is C23H27N7O2. The third-order valence-corrected chi connectivity index (χ3v) is 5.59. The van der Waals surface area contributed by atoms with Crippen molar-refractivity contribution in [1.82, 2.24) is 25.1 Å². The summed E-state index contributed by atoms with van der Waals surface area (Å²) in [4.78, 5) is 35.5. The molecule has 32 heavy (non-hydrogen) atoms. The summed E-state index contributed by atoms with van der Waals surface area (Å²) in [5.74, 6) is 1.48. The van der Waals surface area contributed by atoms with Gasteiger partial charge in [-0.3, -0.25) is 9.59 Å². The summed E-state index contributed by atoms with van der Waals surface area (Å²) in [5.41, 5.74) is 3.16. The van der Waals surface area contributed by atoms with E-state index in [0.717, 1.165) is 11.3 Å². The first kappa shape index (κ1) is 21.5. The number of benzene rings is 1. The Balaban J connectivity index is 1.28. The Kier molecular flexibility index (Phi) is 6.16. The van der Waals surface area contributed by atoms with Gasteiger partial charge in [-0.1, -0.05) is 6.07 Å². The third kappa shape index (κ3) is 4.77. The van der Waals surface area contributed by atoms with Crippen LogP contribution in [0.1, 0.15) is 23.4 Å². The minimum Gasteiger partial charge on any atom is -0.368 e. The van der Waals surface area contributed by atoms with Crippen LogP contribution in [0.5, 0.6) is 0 Å². The number of rotatable bonds is 7. The van der Waals surface area contributed by atoms with Crippen molar-refractivity contribution in [2.24, 2.45) is 5.92 Å². The van der Waals surface area contributed by atoms with Crippen LogP contribution in [0.4, 0.5) is 11.5 Å². The average molecular weight is 434 g/mol. The van der Waals surface area contributed by atoms with Crippen LogP contribution in [0.3, 0.4) is 0 Å². The van der Waals surface area contributed by atoms with Crippen molar-refractivity contribution < 1.29 is 9.59 Å². The molecule has 3 heterocycles. The molecule has 0 unspecified atom stereocenters. The minimum atomic E-state index is -0.350. The maximum absolute atomic E-state index is 12.6. The minimum absolute atomic E-state index is 0.0193. The second-order valence-electron chi connectivity index (χ2n) is 8.00. The van der Waals surface area contributed by atoms with Crippen LogP contribution in [0.25, 0.3) is 5.82 Å². The van der Waals surface area contributed by atoms with Gasteiger partial charge < -0.3 is 15.5 Å². The summed E-state index contributed by atoms with van der Waals surface area (Å²) in [6.07, 6.45) is 3.73. The molecule has 0 spiro atoms. The lowest BCUT2D eigenvalue weighted by Gasteiger charge is -2.18. The van der Waals surface area contributed by atoms with Crippen molar-refractivity contribution in [2.45, 2.75) is 27.2 Å². The maximum atomic E-state index is 12.6. The highest BCUT2D eigenvalue weighted by molar-refractivity contribution is 6.00. The Hall–Kier alpha value is -3.75. The van der Waals surface area contributed by atoms with Crippen molar-refractivity contribution in [3.05, 3.63) is 59.7 Å². The highest BCUT2D eigenvalue weighted by Crippen LogP contribution is 2.26. The third-order valence-electron chi connectivity index (χ3n) is 5.59. The highest BCUT2D eigenvalue weighted by Gasteiger charge is 2.35. The number of nitrogens with zero attached hydrogens (tertiary/aromatic N) is 5. The molecular weight excluding hydrogens is 406 g/mol. The topological polar surface area (TPSA) is 105 Å². The molecule has 0 radical (unpaired) electrons. The normalized spacial score (nSPS) is 15.8. The smallest absolute Gasteiger partial charge is 0.227 e. The van der Waals surface area contributed by atoms with Gasteiger partial charge in [0.1, 0.15) is 11.6 Å². The number of anilines is 2. The van der Waals surface area contributed by atoms with E-state index in [2.05, 4.69) is 25.7 Å². The zero-order chi connectivity index (χ0) is 22.7. The molecule has 0 bridgehead atoms. The Morgan fingerprint density at radius 2 is 1.97 bits per heavy atom. The second-order valence-corrected chi connectivity index (χ2v) is 8.00. The fraction of sp³-hybridized carbons (Fsp3) is 0.348. The standard InChI is InChI=1S/C23H27N7O2/c1-15-5-6-19(11-16(15)2)29-14-18(12-22(29)31)23(32)25-9-8-24-20-13-21(28-17(3)27-20)30-10-4-7-26-30/h4-7,10-11,13,18H,8-9,12,14H2,1-3H3,(H,25,32)(H,24,27,28)/t18-/m0/s1. The van der Waals surface area contributed by atoms with E-state index in [4.69, 9.17) is 0 Å². The summed E-state index contributed by atoms with van der Waals surface area (Å²) in [5, 5.41) is 10.3. The molecule has 1 saturated heterocycles. The van der Waals surface area contributed by atoms with Crippen LogP contribution in [0.15, 0.2) is 42.7 Å². The number of hydrogen-bond donors (Lipinski definition) is 2. The molecule has 166 valence electrons. The van der Waals surface area contributed by atoms with Crippen LogP contribution in [0, 0.1) is 26.7 Å². The zero-order valence-corrected chi connectivity index (χ0v) is 18.5. The predicted octanol–water partition coefficient (Wildman–Crippen LogP) is 2.17. The molecule has 2 amide bonds. The summed E-state index contributed by atoms with van der Waals surface area (Å²) < 4.78 is 1.67. The molecule has 0 aliphatic carbocycles. The average Bonchev–Trinajstić information content (AvgIpc) is 3.43. The van der Waals surface area contributed by atoms with E-state index in [0.29, 0.717) is 37.1 Å². The monoisotopic (exact) mass is 433 g/mol. The van der Waals surface area contributed by atoms with Crippen molar-refractivity contribution in [1.29, 1.82) is 0 Å². The molecule has 2 aromatic heterocycles. The molecule has 4 rings (SSSR count). The summed E-state index contributed by atoms with van der Waals surface area (Å²) in [6, 6.07) is 9.57. The van der Waals surface area contributed by atoms with E-state index in [1.165, 1.54) is 5.56 Å². The number of carbonyl (C=O) groups excluding carboxylic acids is 2. The molecule has 2 N–H and O–H groups in total. The van der Waals surface area contributed by atoms with Gasteiger partial charge in [-0.25, -0.2) is 14.6 Å². The van der Waals surface area contributed by atoms with Crippen LogP contribution in [-0.2, 0) is 9.59 Å². The van der Waals surface area contributed by atoms with Gasteiger partial charge in [-0.15, -0.1) is 0 Å². The van der Waals surface area contributed by atoms with Gasteiger partial charge in [0.25, 0.3) is 0 Å². The fourth-order valence-corrected chi connectivity index (χ4v) is 3.71. The number of hydrogen-bond acceptors (Lipinski definition) is 6. The van der Waals surface area contributed by atoms with E-state index in [9.17, 15) is 9.59 Å². The lowest BCUT2D eigenvalue weighted by molar-refractivity contribution is -0.126. The van der Waals surface area contributed by atoms with Gasteiger partial charge in [0, 0.05) is 50.2 Å². The summed E-state index contributed by atoms with van der Waals surface area (Å²) in [6.45, 7) is 7.21. The Labute approximate surface area is 186 Å².